The van der Waals surface area contributed by atoms with E-state index in [0.29, 0.717) is 6.42 Å². The van der Waals surface area contributed by atoms with E-state index in [0.717, 1.165) is 18.6 Å². The van der Waals surface area contributed by atoms with Crippen LogP contribution in [0.2, 0.25) is 0 Å². The molecule has 12 heavy (non-hydrogen) atoms. The summed E-state index contributed by atoms with van der Waals surface area (Å²) in [6.45, 7) is 0. The highest BCUT2D eigenvalue weighted by Gasteiger charge is 2.00. The van der Waals surface area contributed by atoms with E-state index < -0.39 is 5.97 Å². The number of carboxylic acid groups (broad SMARTS) is 1. The molecule has 0 fully saturated rings. The van der Waals surface area contributed by atoms with Crippen LogP contribution in [0.5, 0.6) is 0 Å². The van der Waals surface area contributed by atoms with E-state index in [1.165, 1.54) is 0 Å². The average molecular weight is 186 g/mol. The molecule has 68 valence electrons. The van der Waals surface area contributed by atoms with Crippen molar-refractivity contribution >= 4 is 16.9 Å². The Balaban J connectivity index is 1.99. The molecule has 0 saturated heterocycles. The predicted octanol–water partition coefficient (Wildman–Crippen LogP) is 2.28. The van der Waals surface area contributed by atoms with Crippen LogP contribution < -0.4 is 0 Å². The summed E-state index contributed by atoms with van der Waals surface area (Å²) in [6.07, 6.45) is 6.31. The Bertz CT molecular complexity index is 197. The molecule has 1 rings (SSSR count). The van der Waals surface area contributed by atoms with Crippen LogP contribution in [0.15, 0.2) is 23.0 Å². The first kappa shape index (κ1) is 9.39. The minimum atomic E-state index is -0.680. The SMILES string of the molecule is O=C(O)CCCC[SH]1C=CC=C1. The molecule has 1 aliphatic heterocycles. The Hall–Kier alpha value is -0.700. The molecule has 0 saturated carbocycles. The van der Waals surface area contributed by atoms with Crippen LogP contribution in [0.4, 0.5) is 0 Å². The highest BCUT2D eigenvalue weighted by molar-refractivity contribution is 8.22. The molecule has 1 N–H and O–H groups in total. The maximum absolute atomic E-state index is 10.2. The lowest BCUT2D eigenvalue weighted by atomic mass is 10.3. The van der Waals surface area contributed by atoms with Gasteiger partial charge in [-0.1, -0.05) is 12.2 Å². The van der Waals surface area contributed by atoms with Gasteiger partial charge in [0.15, 0.2) is 0 Å². The summed E-state index contributed by atoms with van der Waals surface area (Å²) in [5.41, 5.74) is 0. The smallest absolute Gasteiger partial charge is 0.303 e. The van der Waals surface area contributed by atoms with E-state index in [1.54, 1.807) is 0 Å². The number of rotatable bonds is 5. The van der Waals surface area contributed by atoms with E-state index >= 15 is 0 Å². The highest BCUT2D eigenvalue weighted by Crippen LogP contribution is 2.33. The fraction of sp³-hybridized carbons (Fsp3) is 0.444. The maximum Gasteiger partial charge on any atom is 0.303 e. The van der Waals surface area contributed by atoms with Crippen molar-refractivity contribution in [1.29, 1.82) is 0 Å². The largest absolute Gasteiger partial charge is 0.481 e. The fourth-order valence-corrected chi connectivity index (χ4v) is 2.72. The van der Waals surface area contributed by atoms with Crippen LogP contribution in [0, 0.1) is 0 Å². The minimum Gasteiger partial charge on any atom is -0.481 e. The van der Waals surface area contributed by atoms with E-state index in [2.05, 4.69) is 23.0 Å². The van der Waals surface area contributed by atoms with Gasteiger partial charge in [0.2, 0.25) is 0 Å². The molecule has 1 heterocycles. The first-order valence-electron chi connectivity index (χ1n) is 4.11. The molecule has 2 nitrogen and oxygen atoms in total. The Kier molecular flexibility index (Phi) is 3.94. The summed E-state index contributed by atoms with van der Waals surface area (Å²) >= 11 is 0. The summed E-state index contributed by atoms with van der Waals surface area (Å²) in [6, 6.07) is 0. The summed E-state index contributed by atoms with van der Waals surface area (Å²) in [5, 5.41) is 12.8. The summed E-state index contributed by atoms with van der Waals surface area (Å²) < 4.78 is 0. The highest BCUT2D eigenvalue weighted by atomic mass is 32.2. The Morgan fingerprint density at radius 3 is 2.50 bits per heavy atom. The predicted molar refractivity (Wildman–Crippen MR) is 53.6 cm³/mol. The Morgan fingerprint density at radius 1 is 1.25 bits per heavy atom. The van der Waals surface area contributed by atoms with Crippen LogP contribution in [0.25, 0.3) is 0 Å². The number of carboxylic acids is 1. The molecule has 3 heteroatoms. The zero-order valence-electron chi connectivity index (χ0n) is 6.94. The molecule has 0 radical (unpaired) electrons. The molecule has 0 aliphatic carbocycles. The van der Waals surface area contributed by atoms with Crippen molar-refractivity contribution < 1.29 is 9.90 Å². The minimum absolute atomic E-state index is 0.0300. The first-order valence-corrected chi connectivity index (χ1v) is 5.78. The third kappa shape index (κ3) is 3.62. The lowest BCUT2D eigenvalue weighted by Gasteiger charge is -2.07. The van der Waals surface area contributed by atoms with Crippen molar-refractivity contribution in [2.45, 2.75) is 19.3 Å². The van der Waals surface area contributed by atoms with Gasteiger partial charge in [-0.05, 0) is 29.4 Å². The summed E-state index contributed by atoms with van der Waals surface area (Å²) in [7, 11) is -0.0300. The number of allylic oxidation sites excluding steroid dienone is 2. The zero-order valence-corrected chi connectivity index (χ0v) is 7.83. The van der Waals surface area contributed by atoms with Crippen LogP contribution in [-0.4, -0.2) is 16.8 Å². The summed E-state index contributed by atoms with van der Waals surface area (Å²) in [4.78, 5) is 10.2. The van der Waals surface area contributed by atoms with Crippen molar-refractivity contribution in [2.24, 2.45) is 0 Å². The lowest BCUT2D eigenvalue weighted by Crippen LogP contribution is -1.94. The molecule has 0 spiro atoms. The number of carbonyl (C=O) groups is 1. The molecule has 0 unspecified atom stereocenters. The van der Waals surface area contributed by atoms with Gasteiger partial charge in [0.25, 0.3) is 0 Å². The van der Waals surface area contributed by atoms with Gasteiger partial charge < -0.3 is 5.11 Å². The van der Waals surface area contributed by atoms with E-state index in [9.17, 15) is 4.79 Å². The number of hydrogen-bond acceptors (Lipinski definition) is 1. The monoisotopic (exact) mass is 186 g/mol. The molecule has 0 amide bonds. The van der Waals surface area contributed by atoms with Crippen LogP contribution in [0.3, 0.4) is 0 Å². The third-order valence-electron chi connectivity index (χ3n) is 1.72. The van der Waals surface area contributed by atoms with Crippen molar-refractivity contribution in [3.8, 4) is 0 Å². The van der Waals surface area contributed by atoms with E-state index in [1.807, 2.05) is 0 Å². The van der Waals surface area contributed by atoms with Gasteiger partial charge in [0, 0.05) is 6.42 Å². The topological polar surface area (TPSA) is 37.3 Å². The zero-order chi connectivity index (χ0) is 8.81. The second-order valence-corrected chi connectivity index (χ2v) is 4.84. The average Bonchev–Trinajstić information content (AvgIpc) is 2.49. The van der Waals surface area contributed by atoms with Crippen LogP contribution >= 0.6 is 10.9 Å². The van der Waals surface area contributed by atoms with Gasteiger partial charge in [-0.15, -0.1) is 0 Å². The van der Waals surface area contributed by atoms with Crippen molar-refractivity contribution in [2.75, 3.05) is 5.75 Å². The molecule has 1 aliphatic rings. The molecule has 0 bridgehead atoms. The maximum atomic E-state index is 10.2. The van der Waals surface area contributed by atoms with Gasteiger partial charge in [-0.25, -0.2) is 10.9 Å². The number of hydrogen-bond donors (Lipinski definition) is 2. The van der Waals surface area contributed by atoms with Gasteiger partial charge in [0.05, 0.1) is 0 Å². The molecular formula is C9H14O2S. The number of thiol groups is 1. The third-order valence-corrected chi connectivity index (χ3v) is 3.67. The number of aliphatic carboxylic acids is 1. The lowest BCUT2D eigenvalue weighted by molar-refractivity contribution is -0.137. The second kappa shape index (κ2) is 5.04. The van der Waals surface area contributed by atoms with Gasteiger partial charge in [-0.2, -0.15) is 0 Å². The van der Waals surface area contributed by atoms with Crippen molar-refractivity contribution in [1.82, 2.24) is 0 Å². The van der Waals surface area contributed by atoms with E-state index in [4.69, 9.17) is 5.11 Å². The first-order chi connectivity index (χ1) is 5.79. The Labute approximate surface area is 75.3 Å². The molecule has 0 aromatic heterocycles. The normalized spacial score (nSPS) is 17.2. The number of unbranched alkanes of at least 4 members (excludes halogenated alkanes) is 1. The molecule has 0 aromatic carbocycles. The standard InChI is InChI=1S/C9H14O2S/c10-9(11)5-1-2-6-12-7-3-4-8-12/h3-4,7-8,12H,1-2,5-6H2,(H,10,11). The fourth-order valence-electron chi connectivity index (χ4n) is 1.09. The van der Waals surface area contributed by atoms with Crippen LogP contribution in [0.1, 0.15) is 19.3 Å². The molecular weight excluding hydrogens is 172 g/mol. The van der Waals surface area contributed by atoms with Gasteiger partial charge >= 0.3 is 5.97 Å². The van der Waals surface area contributed by atoms with Crippen molar-refractivity contribution in [3.05, 3.63) is 23.0 Å². The molecule has 0 aromatic rings. The van der Waals surface area contributed by atoms with Gasteiger partial charge in [0.1, 0.15) is 0 Å². The Morgan fingerprint density at radius 2 is 1.92 bits per heavy atom. The van der Waals surface area contributed by atoms with E-state index in [-0.39, 0.29) is 10.9 Å². The quantitative estimate of drug-likeness (QED) is 0.510. The molecule has 0 atom stereocenters. The van der Waals surface area contributed by atoms with Crippen molar-refractivity contribution in [3.63, 3.8) is 0 Å². The second-order valence-electron chi connectivity index (χ2n) is 2.77. The summed E-state index contributed by atoms with van der Waals surface area (Å²) in [5.74, 6) is 0.468. The van der Waals surface area contributed by atoms with Crippen LogP contribution in [-0.2, 0) is 4.79 Å². The van der Waals surface area contributed by atoms with Gasteiger partial charge in [-0.3, -0.25) is 4.79 Å².